The Morgan fingerprint density at radius 1 is 0.306 bits per heavy atom. The minimum atomic E-state index is -0.844. The molecule has 0 heterocycles. The number of esters is 3. The normalized spacial score (nSPS) is 12.8. The molecule has 0 bridgehead atoms. The third-order valence-corrected chi connectivity index (χ3v) is 12.9. The van der Waals surface area contributed by atoms with Gasteiger partial charge in [0, 0.05) is 12.8 Å². The third kappa shape index (κ3) is 57.2. The zero-order valence-corrected chi connectivity index (χ0v) is 47.2. The van der Waals surface area contributed by atoms with Crippen LogP contribution < -0.4 is 0 Å². The number of hydrogen-bond acceptors (Lipinski definition) is 6. The molecule has 0 radical (unpaired) electrons. The highest BCUT2D eigenvalue weighted by molar-refractivity contribution is 5.72. The van der Waals surface area contributed by atoms with E-state index in [0.29, 0.717) is 19.3 Å². The van der Waals surface area contributed by atoms with E-state index >= 15 is 0 Å². The molecule has 0 spiro atoms. The molecule has 1 unspecified atom stereocenters. The lowest BCUT2D eigenvalue weighted by atomic mass is 10.0. The molecular weight excluding hydrogens is 889 g/mol. The summed E-state index contributed by atoms with van der Waals surface area (Å²) < 4.78 is 16.7. The van der Waals surface area contributed by atoms with Gasteiger partial charge in [0.1, 0.15) is 13.2 Å². The van der Waals surface area contributed by atoms with Gasteiger partial charge in [-0.2, -0.15) is 0 Å². The van der Waals surface area contributed by atoms with Crippen molar-refractivity contribution in [3.63, 3.8) is 0 Å². The lowest BCUT2D eigenvalue weighted by Crippen LogP contribution is -2.30. The summed E-state index contributed by atoms with van der Waals surface area (Å²) in [5.41, 5.74) is 0. The molecule has 6 heteroatoms. The molecular formula is C66H112O6. The van der Waals surface area contributed by atoms with E-state index in [1.54, 1.807) is 6.08 Å². The summed E-state index contributed by atoms with van der Waals surface area (Å²) >= 11 is 0. The molecule has 0 aromatic carbocycles. The van der Waals surface area contributed by atoms with Crippen LogP contribution in [-0.2, 0) is 28.6 Å². The summed E-state index contributed by atoms with van der Waals surface area (Å²) in [4.78, 5) is 38.1. The van der Waals surface area contributed by atoms with Crippen LogP contribution in [0.2, 0.25) is 0 Å². The van der Waals surface area contributed by atoms with Gasteiger partial charge in [0.15, 0.2) is 6.10 Å². The van der Waals surface area contributed by atoms with Crippen LogP contribution in [0.5, 0.6) is 0 Å². The van der Waals surface area contributed by atoms with Gasteiger partial charge in [-0.05, 0) is 77.0 Å². The van der Waals surface area contributed by atoms with Gasteiger partial charge in [-0.3, -0.25) is 14.4 Å². The zero-order chi connectivity index (χ0) is 52.2. The topological polar surface area (TPSA) is 78.9 Å². The van der Waals surface area contributed by atoms with Gasteiger partial charge in [0.25, 0.3) is 0 Å². The Kier molecular flexibility index (Phi) is 56.8. The number of carbonyl (C=O) groups is 3. The van der Waals surface area contributed by atoms with Crippen molar-refractivity contribution >= 4 is 17.9 Å². The first-order valence-electron chi connectivity index (χ1n) is 30.2. The van der Waals surface area contributed by atoms with E-state index in [1.807, 2.05) is 6.08 Å². The Morgan fingerprint density at radius 3 is 0.917 bits per heavy atom. The number of ether oxygens (including phenoxy) is 3. The first kappa shape index (κ1) is 68.3. The summed E-state index contributed by atoms with van der Waals surface area (Å²) in [6.45, 7) is 6.32. The fourth-order valence-electron chi connectivity index (χ4n) is 8.42. The lowest BCUT2D eigenvalue weighted by Gasteiger charge is -2.18. The van der Waals surface area contributed by atoms with E-state index in [0.717, 1.165) is 89.9 Å². The van der Waals surface area contributed by atoms with Gasteiger partial charge in [0.2, 0.25) is 0 Å². The second-order valence-corrected chi connectivity index (χ2v) is 19.9. The van der Waals surface area contributed by atoms with Gasteiger partial charge in [-0.1, -0.05) is 285 Å². The number of unbranched alkanes of at least 4 members (excludes halogenated alkanes) is 28. The second kappa shape index (κ2) is 59.9. The molecule has 0 saturated carbocycles. The maximum atomic E-state index is 12.8. The second-order valence-electron chi connectivity index (χ2n) is 19.9. The molecule has 1 atom stereocenters. The molecule has 0 fully saturated rings. The van der Waals surface area contributed by atoms with Crippen molar-refractivity contribution in [2.24, 2.45) is 0 Å². The molecule has 0 aliphatic rings. The van der Waals surface area contributed by atoms with Crippen LogP contribution in [0.15, 0.2) is 97.2 Å². The number of allylic oxidation sites excluding steroid dienone is 15. The number of carbonyl (C=O) groups excluding carboxylic acids is 3. The zero-order valence-electron chi connectivity index (χ0n) is 47.2. The standard InChI is InChI=1S/C66H112O6/c1-4-7-10-13-16-19-22-25-27-28-29-30-31-32-33-34-35-36-37-39-41-44-47-50-53-56-59-65(68)71-62-63(61-70-64(67)58-55-52-49-46-43-40-24-21-18-15-12-9-6-3)72-66(69)60-57-54-51-48-45-42-38-26-23-20-17-14-11-8-5-2/h8-9,11-12,17-18,20-21,26,38,40,43,45,48,54,57,63H,4-7,10,13-16,19,22-25,27-37,39,41-42,44,46-47,49-53,55-56,58-62H2,1-3H3/b11-8-,12-9-,20-17-,21-18-,38-26-,43-40-,48-45-,57-54-. The highest BCUT2D eigenvalue weighted by Crippen LogP contribution is 2.17. The molecule has 0 saturated heterocycles. The van der Waals surface area contributed by atoms with Crippen LogP contribution in [0.3, 0.4) is 0 Å². The van der Waals surface area contributed by atoms with Crippen molar-refractivity contribution in [2.75, 3.05) is 13.2 Å². The van der Waals surface area contributed by atoms with Gasteiger partial charge in [-0.25, -0.2) is 0 Å². The van der Waals surface area contributed by atoms with Crippen molar-refractivity contribution in [1.29, 1.82) is 0 Å². The molecule has 72 heavy (non-hydrogen) atoms. The first-order chi connectivity index (χ1) is 35.5. The van der Waals surface area contributed by atoms with Gasteiger partial charge in [-0.15, -0.1) is 0 Å². The highest BCUT2D eigenvalue weighted by atomic mass is 16.6. The Balaban J connectivity index is 4.32. The monoisotopic (exact) mass is 1000 g/mol. The molecule has 0 aliphatic heterocycles. The predicted molar refractivity (Wildman–Crippen MR) is 311 cm³/mol. The Bertz CT molecular complexity index is 1430. The van der Waals surface area contributed by atoms with Crippen LogP contribution in [-0.4, -0.2) is 37.2 Å². The van der Waals surface area contributed by atoms with E-state index < -0.39 is 12.1 Å². The molecule has 412 valence electrons. The summed E-state index contributed by atoms with van der Waals surface area (Å²) in [6.07, 6.45) is 80.3. The maximum Gasteiger partial charge on any atom is 0.310 e. The van der Waals surface area contributed by atoms with Crippen LogP contribution >= 0.6 is 0 Å². The van der Waals surface area contributed by atoms with Gasteiger partial charge >= 0.3 is 17.9 Å². The van der Waals surface area contributed by atoms with Crippen LogP contribution in [0.25, 0.3) is 0 Å². The maximum absolute atomic E-state index is 12.8. The van der Waals surface area contributed by atoms with Crippen molar-refractivity contribution in [3.8, 4) is 0 Å². The summed E-state index contributed by atoms with van der Waals surface area (Å²) in [5.74, 6) is -1.08. The number of hydrogen-bond donors (Lipinski definition) is 0. The summed E-state index contributed by atoms with van der Waals surface area (Å²) in [7, 11) is 0. The fourth-order valence-corrected chi connectivity index (χ4v) is 8.42. The van der Waals surface area contributed by atoms with Crippen LogP contribution in [0.1, 0.15) is 284 Å². The van der Waals surface area contributed by atoms with Gasteiger partial charge < -0.3 is 14.2 Å². The molecule has 0 amide bonds. The van der Waals surface area contributed by atoms with Crippen molar-refractivity contribution < 1.29 is 28.6 Å². The lowest BCUT2D eigenvalue weighted by molar-refractivity contribution is -0.166. The fraction of sp³-hybridized carbons (Fsp3) is 0.712. The van der Waals surface area contributed by atoms with Gasteiger partial charge in [0.05, 0.1) is 6.42 Å². The van der Waals surface area contributed by atoms with E-state index in [2.05, 4.69) is 106 Å². The molecule has 0 N–H and O–H groups in total. The Labute approximate surface area is 445 Å². The van der Waals surface area contributed by atoms with Crippen molar-refractivity contribution in [1.82, 2.24) is 0 Å². The van der Waals surface area contributed by atoms with E-state index in [4.69, 9.17) is 14.2 Å². The molecule has 0 rings (SSSR count). The predicted octanol–water partition coefficient (Wildman–Crippen LogP) is 20.5. The average Bonchev–Trinajstić information content (AvgIpc) is 3.38. The Morgan fingerprint density at radius 2 is 0.583 bits per heavy atom. The van der Waals surface area contributed by atoms with Crippen LogP contribution in [0, 0.1) is 0 Å². The smallest absolute Gasteiger partial charge is 0.310 e. The van der Waals surface area contributed by atoms with E-state index in [1.165, 1.54) is 148 Å². The minimum absolute atomic E-state index is 0.0898. The first-order valence-corrected chi connectivity index (χ1v) is 30.2. The van der Waals surface area contributed by atoms with E-state index in [9.17, 15) is 14.4 Å². The summed E-state index contributed by atoms with van der Waals surface area (Å²) in [5, 5.41) is 0. The molecule has 6 nitrogen and oxygen atoms in total. The number of rotatable bonds is 54. The quantitative estimate of drug-likeness (QED) is 0.0261. The van der Waals surface area contributed by atoms with Crippen molar-refractivity contribution in [2.45, 2.75) is 290 Å². The molecule has 0 aromatic rings. The Hall–Kier alpha value is -3.67. The largest absolute Gasteiger partial charge is 0.462 e. The highest BCUT2D eigenvalue weighted by Gasteiger charge is 2.19. The van der Waals surface area contributed by atoms with Crippen molar-refractivity contribution in [3.05, 3.63) is 97.2 Å². The molecule has 0 aliphatic carbocycles. The average molecular weight is 1000 g/mol. The third-order valence-electron chi connectivity index (χ3n) is 12.9. The molecule has 0 aromatic heterocycles. The summed E-state index contributed by atoms with van der Waals surface area (Å²) in [6, 6.07) is 0. The van der Waals surface area contributed by atoms with Crippen LogP contribution in [0.4, 0.5) is 0 Å². The minimum Gasteiger partial charge on any atom is -0.462 e. The SMILES string of the molecule is CC/C=C\C/C=C\C/C=C\C/C=C\C/C=C\CC(=O)OC(COC(=O)CCCCC/C=C\C/C=C\C/C=C\CC)COC(=O)CCCCCCCCCCCCCCCCCCCCCCCCCCCC. The van der Waals surface area contributed by atoms with E-state index in [-0.39, 0.29) is 31.6 Å².